The molecule has 1 fully saturated rings. The summed E-state index contributed by atoms with van der Waals surface area (Å²) < 4.78 is 0. The SMILES string of the molecule is CC(CNC(=O)C1(N)CCCCC1)Sc1ccccc1. The van der Waals surface area contributed by atoms with Gasteiger partial charge in [0.15, 0.2) is 0 Å². The van der Waals surface area contributed by atoms with Crippen molar-refractivity contribution in [2.24, 2.45) is 5.73 Å². The van der Waals surface area contributed by atoms with Gasteiger partial charge in [-0.25, -0.2) is 0 Å². The van der Waals surface area contributed by atoms with E-state index in [2.05, 4.69) is 24.4 Å². The van der Waals surface area contributed by atoms with Gasteiger partial charge in [0.2, 0.25) is 5.91 Å². The molecule has 0 saturated heterocycles. The van der Waals surface area contributed by atoms with E-state index in [4.69, 9.17) is 5.73 Å². The molecule has 0 spiro atoms. The summed E-state index contributed by atoms with van der Waals surface area (Å²) in [6.45, 7) is 2.79. The summed E-state index contributed by atoms with van der Waals surface area (Å²) in [6.07, 6.45) is 4.97. The molecule has 20 heavy (non-hydrogen) atoms. The third-order valence-corrected chi connectivity index (χ3v) is 4.94. The van der Waals surface area contributed by atoms with E-state index in [1.54, 1.807) is 11.8 Å². The van der Waals surface area contributed by atoms with Crippen LogP contribution < -0.4 is 11.1 Å². The van der Waals surface area contributed by atoms with Gasteiger partial charge in [-0.05, 0) is 25.0 Å². The number of carbonyl (C=O) groups excluding carboxylic acids is 1. The third kappa shape index (κ3) is 4.25. The van der Waals surface area contributed by atoms with Crippen LogP contribution in [0.25, 0.3) is 0 Å². The fraction of sp³-hybridized carbons (Fsp3) is 0.562. The minimum absolute atomic E-state index is 0.0257. The predicted octanol–water partition coefficient (Wildman–Crippen LogP) is 2.95. The molecule has 1 saturated carbocycles. The molecule has 1 aliphatic rings. The smallest absolute Gasteiger partial charge is 0.240 e. The third-order valence-electron chi connectivity index (χ3n) is 3.83. The van der Waals surface area contributed by atoms with Crippen molar-refractivity contribution in [2.45, 2.75) is 54.7 Å². The Bertz CT molecular complexity index is 429. The van der Waals surface area contributed by atoms with Gasteiger partial charge in [0.25, 0.3) is 0 Å². The Labute approximate surface area is 125 Å². The van der Waals surface area contributed by atoms with E-state index in [-0.39, 0.29) is 5.91 Å². The van der Waals surface area contributed by atoms with Gasteiger partial charge in [0.1, 0.15) is 0 Å². The standard InChI is InChI=1S/C16H24N2OS/c1-13(20-14-8-4-2-5-9-14)12-18-15(19)16(17)10-6-3-7-11-16/h2,4-5,8-9,13H,3,6-7,10-12,17H2,1H3,(H,18,19). The average Bonchev–Trinajstić information content (AvgIpc) is 2.46. The zero-order valence-electron chi connectivity index (χ0n) is 12.1. The summed E-state index contributed by atoms with van der Waals surface area (Å²) in [6, 6.07) is 10.3. The number of carbonyl (C=O) groups is 1. The Morgan fingerprint density at radius 3 is 2.60 bits per heavy atom. The molecule has 1 atom stereocenters. The molecule has 1 unspecified atom stereocenters. The van der Waals surface area contributed by atoms with E-state index in [0.29, 0.717) is 11.8 Å². The van der Waals surface area contributed by atoms with E-state index in [1.165, 1.54) is 11.3 Å². The monoisotopic (exact) mass is 292 g/mol. The average molecular weight is 292 g/mol. The lowest BCUT2D eigenvalue weighted by Crippen LogP contribution is -2.55. The number of hydrogen-bond donors (Lipinski definition) is 2. The van der Waals surface area contributed by atoms with Gasteiger partial charge in [0.05, 0.1) is 5.54 Å². The minimum atomic E-state index is -0.630. The van der Waals surface area contributed by atoms with Crippen LogP contribution >= 0.6 is 11.8 Å². The number of amides is 1. The molecule has 1 aromatic rings. The molecule has 2 rings (SSSR count). The van der Waals surface area contributed by atoms with Gasteiger partial charge in [-0.3, -0.25) is 4.79 Å². The zero-order valence-corrected chi connectivity index (χ0v) is 12.9. The number of hydrogen-bond acceptors (Lipinski definition) is 3. The van der Waals surface area contributed by atoms with Crippen LogP contribution in [0.4, 0.5) is 0 Å². The van der Waals surface area contributed by atoms with Gasteiger partial charge in [0, 0.05) is 16.7 Å². The van der Waals surface area contributed by atoms with Crippen LogP contribution in [-0.4, -0.2) is 23.2 Å². The summed E-state index contributed by atoms with van der Waals surface area (Å²) in [4.78, 5) is 13.5. The Morgan fingerprint density at radius 2 is 1.95 bits per heavy atom. The number of nitrogens with two attached hydrogens (primary N) is 1. The first-order valence-electron chi connectivity index (χ1n) is 7.39. The first-order valence-corrected chi connectivity index (χ1v) is 8.27. The zero-order chi connectivity index (χ0) is 14.4. The van der Waals surface area contributed by atoms with Crippen molar-refractivity contribution in [3.05, 3.63) is 30.3 Å². The van der Waals surface area contributed by atoms with Crippen molar-refractivity contribution in [1.29, 1.82) is 0 Å². The van der Waals surface area contributed by atoms with E-state index in [1.807, 2.05) is 18.2 Å². The quantitative estimate of drug-likeness (QED) is 0.820. The van der Waals surface area contributed by atoms with Crippen LogP contribution in [0.15, 0.2) is 35.2 Å². The molecule has 0 bridgehead atoms. The highest BCUT2D eigenvalue weighted by Crippen LogP contribution is 2.26. The summed E-state index contributed by atoms with van der Waals surface area (Å²) in [5, 5.41) is 3.37. The van der Waals surface area contributed by atoms with Crippen LogP contribution in [0.1, 0.15) is 39.0 Å². The second kappa shape index (κ2) is 7.14. The van der Waals surface area contributed by atoms with E-state index in [9.17, 15) is 4.79 Å². The van der Waals surface area contributed by atoms with Crippen molar-refractivity contribution >= 4 is 17.7 Å². The van der Waals surface area contributed by atoms with Crippen molar-refractivity contribution in [2.75, 3.05) is 6.54 Å². The highest BCUT2D eigenvalue weighted by Gasteiger charge is 2.35. The molecular formula is C16H24N2OS. The lowest BCUT2D eigenvalue weighted by atomic mass is 9.82. The fourth-order valence-corrected chi connectivity index (χ4v) is 3.54. The molecule has 3 nitrogen and oxygen atoms in total. The maximum atomic E-state index is 12.2. The van der Waals surface area contributed by atoms with E-state index >= 15 is 0 Å². The molecule has 1 amide bonds. The number of nitrogens with one attached hydrogen (secondary N) is 1. The van der Waals surface area contributed by atoms with Gasteiger partial charge in [-0.2, -0.15) is 0 Å². The minimum Gasteiger partial charge on any atom is -0.353 e. The first-order chi connectivity index (χ1) is 9.60. The van der Waals surface area contributed by atoms with Crippen molar-refractivity contribution in [3.63, 3.8) is 0 Å². The van der Waals surface area contributed by atoms with E-state index < -0.39 is 5.54 Å². The van der Waals surface area contributed by atoms with Gasteiger partial charge in [-0.1, -0.05) is 44.4 Å². The molecule has 0 heterocycles. The van der Waals surface area contributed by atoms with Crippen molar-refractivity contribution in [1.82, 2.24) is 5.32 Å². The Hall–Kier alpha value is -1.00. The molecule has 110 valence electrons. The molecule has 0 aromatic heterocycles. The molecule has 1 aliphatic carbocycles. The largest absolute Gasteiger partial charge is 0.353 e. The van der Waals surface area contributed by atoms with Crippen LogP contribution in [0, 0.1) is 0 Å². The Balaban J connectivity index is 1.78. The second-order valence-corrected chi connectivity index (χ2v) is 7.18. The van der Waals surface area contributed by atoms with Crippen LogP contribution in [0.3, 0.4) is 0 Å². The van der Waals surface area contributed by atoms with Gasteiger partial charge < -0.3 is 11.1 Å². The molecule has 3 N–H and O–H groups in total. The van der Waals surface area contributed by atoms with Crippen molar-refractivity contribution < 1.29 is 4.79 Å². The normalized spacial score (nSPS) is 19.3. The second-order valence-electron chi connectivity index (χ2n) is 5.67. The van der Waals surface area contributed by atoms with Gasteiger partial charge in [-0.15, -0.1) is 11.8 Å². The lowest BCUT2D eigenvalue weighted by molar-refractivity contribution is -0.127. The number of thioether (sulfide) groups is 1. The maximum Gasteiger partial charge on any atom is 0.240 e. The predicted molar refractivity (Wildman–Crippen MR) is 84.8 cm³/mol. The van der Waals surface area contributed by atoms with Crippen LogP contribution in [0.5, 0.6) is 0 Å². The van der Waals surface area contributed by atoms with Crippen LogP contribution in [0.2, 0.25) is 0 Å². The highest BCUT2D eigenvalue weighted by atomic mass is 32.2. The van der Waals surface area contributed by atoms with Crippen LogP contribution in [-0.2, 0) is 4.79 Å². The van der Waals surface area contributed by atoms with Gasteiger partial charge >= 0.3 is 0 Å². The summed E-state index contributed by atoms with van der Waals surface area (Å²) in [5.74, 6) is 0.0257. The fourth-order valence-electron chi connectivity index (χ4n) is 2.60. The molecular weight excluding hydrogens is 268 g/mol. The summed E-state index contributed by atoms with van der Waals surface area (Å²) in [5.41, 5.74) is 5.59. The first kappa shape index (κ1) is 15.4. The molecule has 4 heteroatoms. The van der Waals surface area contributed by atoms with Crippen molar-refractivity contribution in [3.8, 4) is 0 Å². The molecule has 0 aliphatic heterocycles. The number of benzene rings is 1. The highest BCUT2D eigenvalue weighted by molar-refractivity contribution is 8.00. The Kier molecular flexibility index (Phi) is 5.49. The number of rotatable bonds is 5. The Morgan fingerprint density at radius 1 is 1.30 bits per heavy atom. The topological polar surface area (TPSA) is 55.1 Å². The molecule has 1 aromatic carbocycles. The summed E-state index contributed by atoms with van der Waals surface area (Å²) >= 11 is 1.78. The maximum absolute atomic E-state index is 12.2. The molecule has 0 radical (unpaired) electrons. The lowest BCUT2D eigenvalue weighted by Gasteiger charge is -2.32. The van der Waals surface area contributed by atoms with E-state index in [0.717, 1.165) is 25.7 Å². The summed E-state index contributed by atoms with van der Waals surface area (Å²) in [7, 11) is 0.